The third-order valence-corrected chi connectivity index (χ3v) is 3.91. The number of ether oxygens (including phenoxy) is 2. The molecule has 0 aliphatic heterocycles. The third kappa shape index (κ3) is 4.06. The maximum Gasteiger partial charge on any atom is 0.325 e. The molecular weight excluding hydrogens is 296 g/mol. The molecular formula is C15H21ClO5. The second-order valence-electron chi connectivity index (χ2n) is 4.67. The minimum Gasteiger partial charge on any atom is -0.465 e. The van der Waals surface area contributed by atoms with Gasteiger partial charge in [-0.1, -0.05) is 6.92 Å². The highest BCUT2D eigenvalue weighted by molar-refractivity contribution is 6.24. The van der Waals surface area contributed by atoms with Gasteiger partial charge in [0.25, 0.3) is 0 Å². The molecule has 0 radical (unpaired) electrons. The van der Waals surface area contributed by atoms with Gasteiger partial charge in [0.05, 0.1) is 18.6 Å². The van der Waals surface area contributed by atoms with Gasteiger partial charge in [0.2, 0.25) is 0 Å². The zero-order valence-electron chi connectivity index (χ0n) is 12.6. The van der Waals surface area contributed by atoms with E-state index in [1.165, 1.54) is 0 Å². The number of halogens is 1. The van der Waals surface area contributed by atoms with Crippen LogP contribution in [0.4, 0.5) is 0 Å². The number of allylic oxidation sites excluding steroid dienone is 1. The minimum absolute atomic E-state index is 0.129. The van der Waals surface area contributed by atoms with Gasteiger partial charge in [-0.25, -0.2) is 0 Å². The van der Waals surface area contributed by atoms with E-state index in [0.717, 1.165) is 0 Å². The topological polar surface area (TPSA) is 69.7 Å². The summed E-state index contributed by atoms with van der Waals surface area (Å²) in [6.07, 6.45) is 1.36. The van der Waals surface area contributed by atoms with E-state index in [4.69, 9.17) is 21.1 Å². The summed E-state index contributed by atoms with van der Waals surface area (Å²) in [5.74, 6) is -3.05. The Labute approximate surface area is 129 Å². The van der Waals surface area contributed by atoms with E-state index in [9.17, 15) is 14.4 Å². The predicted octanol–water partition coefficient (Wildman–Crippen LogP) is 2.41. The smallest absolute Gasteiger partial charge is 0.325 e. The molecule has 0 N–H and O–H groups in total. The van der Waals surface area contributed by atoms with Gasteiger partial charge in [0.15, 0.2) is 11.7 Å². The van der Waals surface area contributed by atoms with Crippen molar-refractivity contribution in [3.05, 3.63) is 11.1 Å². The van der Waals surface area contributed by atoms with Crippen molar-refractivity contribution >= 4 is 29.3 Å². The summed E-state index contributed by atoms with van der Waals surface area (Å²) in [6, 6.07) is 0. The first-order valence-electron chi connectivity index (χ1n) is 7.21. The molecule has 0 amide bonds. The van der Waals surface area contributed by atoms with E-state index < -0.39 is 17.9 Å². The predicted molar refractivity (Wildman–Crippen MR) is 78.0 cm³/mol. The maximum atomic E-state index is 12.1. The van der Waals surface area contributed by atoms with E-state index >= 15 is 0 Å². The number of hydrogen-bond acceptors (Lipinski definition) is 5. The largest absolute Gasteiger partial charge is 0.465 e. The zero-order chi connectivity index (χ0) is 16.0. The number of carbonyl (C=O) groups excluding carboxylic acids is 3. The van der Waals surface area contributed by atoms with Crippen molar-refractivity contribution in [2.75, 3.05) is 13.2 Å². The highest BCUT2D eigenvalue weighted by atomic mass is 35.5. The molecule has 1 aliphatic rings. The Hall–Kier alpha value is -1.36. The summed E-state index contributed by atoms with van der Waals surface area (Å²) in [5.41, 5.74) is 0.837. The first-order valence-corrected chi connectivity index (χ1v) is 7.64. The van der Waals surface area contributed by atoms with Crippen molar-refractivity contribution in [1.82, 2.24) is 0 Å². The molecule has 0 aromatic carbocycles. The third-order valence-electron chi connectivity index (χ3n) is 3.34. The van der Waals surface area contributed by atoms with Crippen LogP contribution in [0.15, 0.2) is 11.1 Å². The van der Waals surface area contributed by atoms with Crippen LogP contribution >= 0.6 is 11.6 Å². The van der Waals surface area contributed by atoms with Gasteiger partial charge in [-0.05, 0) is 32.3 Å². The Morgan fingerprint density at radius 3 is 2.05 bits per heavy atom. The molecule has 0 bridgehead atoms. The normalized spacial score (nSPS) is 16.3. The standard InChI is InChI=1S/C15H21ClO5/c1-4-10(16)9-7-8-11(17)12(9)13(14(18)20-5-2)15(19)21-6-3/h10,13H,4-8H2,1-3H3. The van der Waals surface area contributed by atoms with Crippen LogP contribution in [-0.2, 0) is 23.9 Å². The Morgan fingerprint density at radius 2 is 1.62 bits per heavy atom. The van der Waals surface area contributed by atoms with Crippen molar-refractivity contribution in [2.24, 2.45) is 5.92 Å². The van der Waals surface area contributed by atoms with Crippen LogP contribution in [0.2, 0.25) is 0 Å². The van der Waals surface area contributed by atoms with E-state index in [1.54, 1.807) is 13.8 Å². The van der Waals surface area contributed by atoms with Crippen LogP contribution in [0.5, 0.6) is 0 Å². The van der Waals surface area contributed by atoms with Crippen molar-refractivity contribution in [3.63, 3.8) is 0 Å². The highest BCUT2D eigenvalue weighted by Gasteiger charge is 2.41. The SMILES string of the molecule is CCOC(=O)C(C(=O)OCC)C1=C(C(Cl)CC)CCC1=O. The Kier molecular flexibility index (Phi) is 6.89. The molecule has 0 fully saturated rings. The van der Waals surface area contributed by atoms with Crippen molar-refractivity contribution < 1.29 is 23.9 Å². The lowest BCUT2D eigenvalue weighted by molar-refractivity contribution is -0.160. The van der Waals surface area contributed by atoms with Crippen LogP contribution < -0.4 is 0 Å². The maximum absolute atomic E-state index is 12.1. The summed E-state index contributed by atoms with van der Waals surface area (Å²) in [7, 11) is 0. The quantitative estimate of drug-likeness (QED) is 0.410. The van der Waals surface area contributed by atoms with Gasteiger partial charge >= 0.3 is 11.9 Å². The molecule has 0 spiro atoms. The summed E-state index contributed by atoms with van der Waals surface area (Å²) >= 11 is 6.22. The molecule has 6 heteroatoms. The molecule has 0 aromatic heterocycles. The first-order chi connectivity index (χ1) is 9.97. The zero-order valence-corrected chi connectivity index (χ0v) is 13.4. The number of Topliss-reactive ketones (excluding diaryl/α,β-unsaturated/α-hetero) is 1. The molecule has 118 valence electrons. The van der Waals surface area contributed by atoms with Gasteiger partial charge < -0.3 is 9.47 Å². The van der Waals surface area contributed by atoms with Crippen LogP contribution in [0.1, 0.15) is 40.0 Å². The van der Waals surface area contributed by atoms with Crippen LogP contribution in [-0.4, -0.2) is 36.3 Å². The lowest BCUT2D eigenvalue weighted by atomic mass is 9.93. The summed E-state index contributed by atoms with van der Waals surface area (Å²) in [4.78, 5) is 36.3. The van der Waals surface area contributed by atoms with Gasteiger partial charge in [0, 0.05) is 12.0 Å². The number of carbonyl (C=O) groups is 3. The second-order valence-corrected chi connectivity index (χ2v) is 5.20. The number of hydrogen-bond donors (Lipinski definition) is 0. The second kappa shape index (κ2) is 8.17. The summed E-state index contributed by atoms with van der Waals surface area (Å²) in [6.45, 7) is 5.42. The molecule has 0 saturated heterocycles. The van der Waals surface area contributed by atoms with E-state index in [-0.39, 0.29) is 36.4 Å². The number of alkyl halides is 1. The molecule has 5 nitrogen and oxygen atoms in total. The van der Waals surface area contributed by atoms with Gasteiger partial charge in [-0.15, -0.1) is 11.6 Å². The number of esters is 2. The number of ketones is 1. The molecule has 21 heavy (non-hydrogen) atoms. The first kappa shape index (κ1) is 17.7. The van der Waals surface area contributed by atoms with Gasteiger partial charge in [0.1, 0.15) is 0 Å². The molecule has 1 rings (SSSR count). The molecule has 1 atom stereocenters. The monoisotopic (exact) mass is 316 g/mol. The van der Waals surface area contributed by atoms with Gasteiger partial charge in [-0.2, -0.15) is 0 Å². The fourth-order valence-corrected chi connectivity index (χ4v) is 2.62. The van der Waals surface area contributed by atoms with E-state index in [1.807, 2.05) is 6.92 Å². The lowest BCUT2D eigenvalue weighted by Crippen LogP contribution is -2.32. The number of rotatable bonds is 7. The summed E-state index contributed by atoms with van der Waals surface area (Å²) < 4.78 is 9.85. The minimum atomic E-state index is -1.32. The molecule has 1 unspecified atom stereocenters. The fraction of sp³-hybridized carbons (Fsp3) is 0.667. The fourth-order valence-electron chi connectivity index (χ4n) is 2.40. The van der Waals surface area contributed by atoms with Crippen LogP contribution in [0.25, 0.3) is 0 Å². The van der Waals surface area contributed by atoms with E-state index in [2.05, 4.69) is 0 Å². The Balaban J connectivity index is 3.24. The average Bonchev–Trinajstić information content (AvgIpc) is 2.81. The van der Waals surface area contributed by atoms with Crippen molar-refractivity contribution in [3.8, 4) is 0 Å². The molecule has 0 saturated carbocycles. The van der Waals surface area contributed by atoms with Crippen molar-refractivity contribution in [2.45, 2.75) is 45.4 Å². The Bertz CT molecular complexity index is 437. The highest BCUT2D eigenvalue weighted by Crippen LogP contribution is 2.35. The van der Waals surface area contributed by atoms with Gasteiger partial charge in [-0.3, -0.25) is 14.4 Å². The lowest BCUT2D eigenvalue weighted by Gasteiger charge is -2.18. The Morgan fingerprint density at radius 1 is 1.10 bits per heavy atom. The van der Waals surface area contributed by atoms with E-state index in [0.29, 0.717) is 18.4 Å². The molecule has 0 aromatic rings. The molecule has 0 heterocycles. The van der Waals surface area contributed by atoms with Crippen molar-refractivity contribution in [1.29, 1.82) is 0 Å². The summed E-state index contributed by atoms with van der Waals surface area (Å²) in [5, 5.41) is -0.363. The van der Waals surface area contributed by atoms with Crippen LogP contribution in [0.3, 0.4) is 0 Å². The van der Waals surface area contributed by atoms with Crippen LogP contribution in [0, 0.1) is 5.92 Å². The average molecular weight is 317 g/mol. The molecule has 1 aliphatic carbocycles.